The number of halogens is 1. The average molecular weight is 284 g/mol. The van der Waals surface area contributed by atoms with Gasteiger partial charge in [0.2, 0.25) is 0 Å². The fourth-order valence-corrected chi connectivity index (χ4v) is 2.24. The minimum Gasteiger partial charge on any atom is -0.483 e. The Kier molecular flexibility index (Phi) is 3.58. The highest BCUT2D eigenvalue weighted by atomic mass is 19.1. The number of hydrogen-bond acceptors (Lipinski definition) is 5. The number of nitrogens with two attached hydrogens (primary N) is 1. The minimum absolute atomic E-state index is 0.0238. The number of aliphatic carboxylic acids is 1. The summed E-state index contributed by atoms with van der Waals surface area (Å²) in [4.78, 5) is 21.1. The van der Waals surface area contributed by atoms with Gasteiger partial charge in [-0.3, -0.25) is 14.9 Å². The van der Waals surface area contributed by atoms with Crippen molar-refractivity contribution < 1.29 is 24.0 Å². The van der Waals surface area contributed by atoms with Crippen molar-refractivity contribution in [2.24, 2.45) is 5.73 Å². The fraction of sp³-hybridized carbons (Fsp3) is 0.417. The number of carboxylic acids is 1. The second-order valence-electron chi connectivity index (χ2n) is 4.81. The van der Waals surface area contributed by atoms with E-state index in [0.717, 1.165) is 18.2 Å². The van der Waals surface area contributed by atoms with Crippen molar-refractivity contribution in [2.45, 2.75) is 30.9 Å². The van der Waals surface area contributed by atoms with E-state index in [1.165, 1.54) is 0 Å². The maximum atomic E-state index is 13.1. The van der Waals surface area contributed by atoms with Gasteiger partial charge in [-0.1, -0.05) is 0 Å². The lowest BCUT2D eigenvalue weighted by molar-refractivity contribution is -0.386. The molecule has 0 aromatic heterocycles. The van der Waals surface area contributed by atoms with Crippen molar-refractivity contribution in [3.8, 4) is 5.75 Å². The molecule has 1 aromatic rings. The molecule has 2 rings (SSSR count). The Morgan fingerprint density at radius 3 is 2.85 bits per heavy atom. The number of nitrogens with zero attached hydrogens (tertiary/aromatic N) is 1. The first kappa shape index (κ1) is 14.2. The molecule has 0 radical (unpaired) electrons. The highest BCUT2D eigenvalue weighted by Gasteiger charge is 2.43. The molecule has 0 bridgehead atoms. The number of hydrogen-bond donors (Lipinski definition) is 2. The first-order valence-corrected chi connectivity index (χ1v) is 5.95. The molecule has 2 atom stereocenters. The van der Waals surface area contributed by atoms with Gasteiger partial charge in [0.25, 0.3) is 0 Å². The number of carboxylic acid groups (broad SMARTS) is 1. The van der Waals surface area contributed by atoms with Crippen molar-refractivity contribution in [1.29, 1.82) is 0 Å². The van der Waals surface area contributed by atoms with Gasteiger partial charge in [-0.15, -0.1) is 0 Å². The summed E-state index contributed by atoms with van der Waals surface area (Å²) < 4.78 is 18.5. The number of carbonyl (C=O) groups is 1. The number of nitro benzene ring substituents is 1. The van der Waals surface area contributed by atoms with E-state index >= 15 is 0 Å². The molecule has 1 aliphatic rings. The van der Waals surface area contributed by atoms with Gasteiger partial charge < -0.3 is 15.6 Å². The average Bonchev–Trinajstić information content (AvgIpc) is 2.72. The molecule has 8 heteroatoms. The Balaban J connectivity index is 2.18. The monoisotopic (exact) mass is 284 g/mol. The van der Waals surface area contributed by atoms with Crippen LogP contribution < -0.4 is 10.5 Å². The summed E-state index contributed by atoms with van der Waals surface area (Å²) in [5.41, 5.74) is 3.93. The van der Waals surface area contributed by atoms with E-state index in [0.29, 0.717) is 6.42 Å². The Morgan fingerprint density at radius 2 is 2.30 bits per heavy atom. The van der Waals surface area contributed by atoms with Gasteiger partial charge in [-0.25, -0.2) is 4.39 Å². The van der Waals surface area contributed by atoms with Crippen LogP contribution in [0.15, 0.2) is 18.2 Å². The standard InChI is InChI=1S/C12H13FN2O5/c13-7-1-2-9(15(18)19)10(5-7)20-8-3-4-12(14,6-8)11(16)17/h1-2,5,8H,3-4,6,14H2,(H,16,17). The molecule has 7 nitrogen and oxygen atoms in total. The summed E-state index contributed by atoms with van der Waals surface area (Å²) in [6.07, 6.45) is -0.0145. The molecule has 0 saturated heterocycles. The molecular weight excluding hydrogens is 271 g/mol. The Bertz CT molecular complexity index is 565. The van der Waals surface area contributed by atoms with Crippen LogP contribution >= 0.6 is 0 Å². The van der Waals surface area contributed by atoms with Crippen LogP contribution in [0.25, 0.3) is 0 Å². The zero-order valence-corrected chi connectivity index (χ0v) is 10.4. The van der Waals surface area contributed by atoms with Gasteiger partial charge in [-0.2, -0.15) is 0 Å². The molecule has 3 N–H and O–H groups in total. The van der Waals surface area contributed by atoms with Crippen LogP contribution in [0.5, 0.6) is 5.75 Å². The largest absolute Gasteiger partial charge is 0.483 e. The lowest BCUT2D eigenvalue weighted by atomic mass is 10.00. The molecule has 1 fully saturated rings. The van der Waals surface area contributed by atoms with Gasteiger partial charge in [0.1, 0.15) is 17.5 Å². The predicted molar refractivity (Wildman–Crippen MR) is 65.9 cm³/mol. The third-order valence-corrected chi connectivity index (χ3v) is 3.34. The van der Waals surface area contributed by atoms with Crippen molar-refractivity contribution in [2.75, 3.05) is 0 Å². The zero-order chi connectivity index (χ0) is 14.9. The fourth-order valence-electron chi connectivity index (χ4n) is 2.24. The Morgan fingerprint density at radius 1 is 1.60 bits per heavy atom. The van der Waals surface area contributed by atoms with Crippen LogP contribution in [0.4, 0.5) is 10.1 Å². The third-order valence-electron chi connectivity index (χ3n) is 3.34. The van der Waals surface area contributed by atoms with E-state index in [4.69, 9.17) is 15.6 Å². The van der Waals surface area contributed by atoms with Crippen molar-refractivity contribution in [3.63, 3.8) is 0 Å². The molecular formula is C12H13FN2O5. The molecule has 0 aliphatic heterocycles. The van der Waals surface area contributed by atoms with Gasteiger partial charge in [0.15, 0.2) is 5.75 Å². The molecule has 1 aromatic carbocycles. The van der Waals surface area contributed by atoms with Crippen LogP contribution in [-0.4, -0.2) is 27.6 Å². The van der Waals surface area contributed by atoms with E-state index in [9.17, 15) is 19.3 Å². The van der Waals surface area contributed by atoms with E-state index in [1.54, 1.807) is 0 Å². The van der Waals surface area contributed by atoms with Crippen LogP contribution in [0.1, 0.15) is 19.3 Å². The zero-order valence-electron chi connectivity index (χ0n) is 10.4. The summed E-state index contributed by atoms with van der Waals surface area (Å²) >= 11 is 0. The van der Waals surface area contributed by atoms with E-state index < -0.39 is 28.4 Å². The lowest BCUT2D eigenvalue weighted by Crippen LogP contribution is -2.46. The minimum atomic E-state index is -1.40. The van der Waals surface area contributed by atoms with E-state index in [-0.39, 0.29) is 24.3 Å². The van der Waals surface area contributed by atoms with Crippen LogP contribution in [0.3, 0.4) is 0 Å². The Hall–Kier alpha value is -2.22. The first-order valence-electron chi connectivity index (χ1n) is 5.95. The number of benzene rings is 1. The van der Waals surface area contributed by atoms with Gasteiger partial charge >= 0.3 is 11.7 Å². The number of rotatable bonds is 4. The second kappa shape index (κ2) is 5.04. The normalized spacial score (nSPS) is 25.4. The highest BCUT2D eigenvalue weighted by molar-refractivity contribution is 5.79. The molecule has 0 amide bonds. The third kappa shape index (κ3) is 2.69. The van der Waals surface area contributed by atoms with Crippen LogP contribution in [0, 0.1) is 15.9 Å². The van der Waals surface area contributed by atoms with Crippen LogP contribution in [0.2, 0.25) is 0 Å². The SMILES string of the molecule is NC1(C(=O)O)CCC(Oc2cc(F)ccc2[N+](=O)[O-])C1. The van der Waals surface area contributed by atoms with E-state index in [1.807, 2.05) is 0 Å². The van der Waals surface area contributed by atoms with Gasteiger partial charge in [0, 0.05) is 18.6 Å². The lowest BCUT2D eigenvalue weighted by Gasteiger charge is -2.18. The Labute approximate surface area is 113 Å². The summed E-state index contributed by atoms with van der Waals surface area (Å²) in [6.45, 7) is 0. The smallest absolute Gasteiger partial charge is 0.323 e. The summed E-state index contributed by atoms with van der Waals surface area (Å²) in [5, 5.41) is 19.8. The molecule has 108 valence electrons. The second-order valence-corrected chi connectivity index (χ2v) is 4.81. The van der Waals surface area contributed by atoms with E-state index in [2.05, 4.69) is 0 Å². The summed E-state index contributed by atoms with van der Waals surface area (Å²) in [5.74, 6) is -2.02. The number of ether oxygens (including phenoxy) is 1. The molecule has 20 heavy (non-hydrogen) atoms. The molecule has 1 saturated carbocycles. The van der Waals surface area contributed by atoms with Gasteiger partial charge in [-0.05, 0) is 18.9 Å². The maximum Gasteiger partial charge on any atom is 0.323 e. The topological polar surface area (TPSA) is 116 Å². The predicted octanol–water partition coefficient (Wildman–Crippen LogP) is 1.45. The van der Waals surface area contributed by atoms with Gasteiger partial charge in [0.05, 0.1) is 4.92 Å². The first-order chi connectivity index (χ1) is 9.32. The highest BCUT2D eigenvalue weighted by Crippen LogP contribution is 2.35. The summed E-state index contributed by atoms with van der Waals surface area (Å²) in [7, 11) is 0. The molecule has 0 spiro atoms. The van der Waals surface area contributed by atoms with Crippen molar-refractivity contribution in [1.82, 2.24) is 0 Å². The van der Waals surface area contributed by atoms with Crippen molar-refractivity contribution >= 4 is 11.7 Å². The maximum absolute atomic E-state index is 13.1. The molecule has 2 unspecified atom stereocenters. The number of nitro groups is 1. The quantitative estimate of drug-likeness (QED) is 0.638. The van der Waals surface area contributed by atoms with Crippen molar-refractivity contribution in [3.05, 3.63) is 34.1 Å². The molecule has 1 aliphatic carbocycles. The summed E-state index contributed by atoms with van der Waals surface area (Å²) in [6, 6.07) is 2.88. The van der Waals surface area contributed by atoms with Crippen LogP contribution in [-0.2, 0) is 4.79 Å². The molecule has 0 heterocycles.